The Morgan fingerprint density at radius 1 is 0.293 bits per heavy atom. The van der Waals surface area contributed by atoms with Gasteiger partial charge in [0.2, 0.25) is 0 Å². The fourth-order valence-corrected chi connectivity index (χ4v) is 8.72. The Bertz CT molecular complexity index is 3250. The van der Waals surface area contributed by atoms with Gasteiger partial charge in [0, 0.05) is 27.4 Å². The molecule has 0 spiro atoms. The quantitative estimate of drug-likeness (QED) is 0.151. The third kappa shape index (κ3) is 5.74. The molecule has 0 saturated carbocycles. The summed E-state index contributed by atoms with van der Waals surface area (Å²) in [6, 6.07) is 80.6. The van der Waals surface area contributed by atoms with Crippen molar-refractivity contribution in [2.75, 3.05) is 4.90 Å². The molecule has 0 aliphatic rings. The fraction of sp³-hybridized carbons (Fsp3) is 0. The molecule has 0 fully saturated rings. The molecule has 0 amide bonds. The van der Waals surface area contributed by atoms with Crippen LogP contribution in [-0.4, -0.2) is 0 Å². The van der Waals surface area contributed by atoms with Crippen molar-refractivity contribution in [2.45, 2.75) is 0 Å². The third-order valence-electron chi connectivity index (χ3n) is 11.5. The van der Waals surface area contributed by atoms with E-state index in [4.69, 9.17) is 4.42 Å². The number of fused-ring (bicyclic) bond motifs is 6. The van der Waals surface area contributed by atoms with E-state index in [1.165, 1.54) is 54.9 Å². The van der Waals surface area contributed by atoms with Gasteiger partial charge in [-0.1, -0.05) is 194 Å². The molecule has 1 heterocycles. The molecular weight excluding hydrogens is 703 g/mol. The second kappa shape index (κ2) is 14.1. The zero-order valence-corrected chi connectivity index (χ0v) is 31.7. The van der Waals surface area contributed by atoms with Crippen molar-refractivity contribution in [2.24, 2.45) is 0 Å². The van der Waals surface area contributed by atoms with Crippen LogP contribution in [0, 0.1) is 0 Å². The first-order valence-corrected chi connectivity index (χ1v) is 19.8. The summed E-state index contributed by atoms with van der Waals surface area (Å²) in [5.74, 6) is 0. The second-order valence-electron chi connectivity index (χ2n) is 14.8. The number of benzene rings is 10. The third-order valence-corrected chi connectivity index (χ3v) is 11.5. The van der Waals surface area contributed by atoms with Crippen molar-refractivity contribution in [3.63, 3.8) is 0 Å². The van der Waals surface area contributed by atoms with Gasteiger partial charge in [-0.25, -0.2) is 0 Å². The van der Waals surface area contributed by atoms with Gasteiger partial charge in [-0.3, -0.25) is 0 Å². The van der Waals surface area contributed by atoms with Gasteiger partial charge < -0.3 is 9.32 Å². The normalized spacial score (nSPS) is 11.4. The predicted octanol–water partition coefficient (Wildman–Crippen LogP) is 16.0. The van der Waals surface area contributed by atoms with Crippen LogP contribution in [-0.2, 0) is 0 Å². The molecule has 0 saturated heterocycles. The van der Waals surface area contributed by atoms with Crippen LogP contribution in [0.1, 0.15) is 0 Å². The molecule has 58 heavy (non-hydrogen) atoms. The number of rotatable bonds is 7. The largest absolute Gasteiger partial charge is 0.454 e. The minimum atomic E-state index is 0.857. The summed E-state index contributed by atoms with van der Waals surface area (Å²) < 4.78 is 6.78. The smallest absolute Gasteiger partial charge is 0.159 e. The van der Waals surface area contributed by atoms with Gasteiger partial charge in [0.1, 0.15) is 5.58 Å². The molecule has 0 atom stereocenters. The molecule has 1 aromatic heterocycles. The maximum atomic E-state index is 6.78. The maximum Gasteiger partial charge on any atom is 0.159 e. The summed E-state index contributed by atoms with van der Waals surface area (Å²) >= 11 is 0. The molecule has 11 aromatic rings. The topological polar surface area (TPSA) is 16.4 Å². The van der Waals surface area contributed by atoms with Crippen molar-refractivity contribution < 1.29 is 4.42 Å². The van der Waals surface area contributed by atoms with Crippen molar-refractivity contribution >= 4 is 60.5 Å². The first kappa shape index (κ1) is 33.6. The highest BCUT2D eigenvalue weighted by Crippen LogP contribution is 2.51. The summed E-state index contributed by atoms with van der Waals surface area (Å²) in [5.41, 5.74) is 14.4. The van der Waals surface area contributed by atoms with E-state index in [1.807, 2.05) is 6.07 Å². The number of nitrogens with zero attached hydrogens (tertiary/aromatic N) is 1. The molecule has 0 N–H and O–H groups in total. The highest BCUT2D eigenvalue weighted by Gasteiger charge is 2.26. The van der Waals surface area contributed by atoms with E-state index < -0.39 is 0 Å². The van der Waals surface area contributed by atoms with Crippen LogP contribution in [0.15, 0.2) is 229 Å². The Balaban J connectivity index is 1.09. The summed E-state index contributed by atoms with van der Waals surface area (Å²) in [5, 5.41) is 7.01. The number of para-hydroxylation sites is 2. The second-order valence-corrected chi connectivity index (χ2v) is 14.8. The van der Waals surface area contributed by atoms with Gasteiger partial charge in [0.15, 0.2) is 5.58 Å². The van der Waals surface area contributed by atoms with Crippen LogP contribution in [0.2, 0.25) is 0 Å². The zero-order valence-electron chi connectivity index (χ0n) is 31.7. The van der Waals surface area contributed by atoms with E-state index in [-0.39, 0.29) is 0 Å². The van der Waals surface area contributed by atoms with E-state index in [9.17, 15) is 0 Å². The highest BCUT2D eigenvalue weighted by molar-refractivity contribution is 6.23. The number of anilines is 3. The van der Waals surface area contributed by atoms with Crippen molar-refractivity contribution in [3.05, 3.63) is 224 Å². The molecular formula is C56H37NO. The SMILES string of the molecule is c1ccc(-c2cccc(-c3ccc(-c4ccc(N(c5c(-c6ccccc6)c6ccccc6c6ccccc56)c5cccc6c5oc5ccccc56)cc4)cc3)c2)cc1. The number of furan rings is 1. The first-order valence-electron chi connectivity index (χ1n) is 19.8. The van der Waals surface area contributed by atoms with Crippen LogP contribution in [0.3, 0.4) is 0 Å². The molecule has 0 aliphatic heterocycles. The van der Waals surface area contributed by atoms with E-state index in [0.717, 1.165) is 50.1 Å². The lowest BCUT2D eigenvalue weighted by Crippen LogP contribution is -2.12. The van der Waals surface area contributed by atoms with Gasteiger partial charge in [0.25, 0.3) is 0 Å². The van der Waals surface area contributed by atoms with Crippen LogP contribution >= 0.6 is 0 Å². The lowest BCUT2D eigenvalue weighted by molar-refractivity contribution is 0.669. The lowest BCUT2D eigenvalue weighted by atomic mass is 9.90. The Morgan fingerprint density at radius 2 is 0.741 bits per heavy atom. The standard InChI is InChI=1S/C56H37NO/c1-3-15-38(16-4-1)43-19-13-20-44(37-43)41-31-29-39(30-32-41)40-33-35-45(36-34-40)57(52-27-14-26-51-48-23-11-12-28-53(48)58-56(51)52)55-50-25-10-8-22-47(50)46-21-7-9-24-49(46)54(55)42-17-5-2-6-18-42/h1-37H. The van der Waals surface area contributed by atoms with Crippen molar-refractivity contribution in [1.82, 2.24) is 0 Å². The van der Waals surface area contributed by atoms with Crippen molar-refractivity contribution in [1.29, 1.82) is 0 Å². The summed E-state index contributed by atoms with van der Waals surface area (Å²) in [6.07, 6.45) is 0. The number of hydrogen-bond donors (Lipinski definition) is 0. The van der Waals surface area contributed by atoms with Crippen LogP contribution in [0.5, 0.6) is 0 Å². The Kier molecular flexibility index (Phi) is 8.19. The Hall–Kier alpha value is -7.68. The molecule has 11 rings (SSSR count). The summed E-state index contributed by atoms with van der Waals surface area (Å²) in [4.78, 5) is 2.43. The van der Waals surface area contributed by atoms with E-state index in [0.29, 0.717) is 0 Å². The van der Waals surface area contributed by atoms with Crippen LogP contribution in [0.25, 0.3) is 88.0 Å². The Labute approximate surface area is 337 Å². The predicted molar refractivity (Wildman–Crippen MR) is 245 cm³/mol. The monoisotopic (exact) mass is 739 g/mol. The summed E-state index contributed by atoms with van der Waals surface area (Å²) in [6.45, 7) is 0. The fourth-order valence-electron chi connectivity index (χ4n) is 8.72. The minimum Gasteiger partial charge on any atom is -0.454 e. The highest BCUT2D eigenvalue weighted by atomic mass is 16.3. The van der Waals surface area contributed by atoms with E-state index in [2.05, 4.69) is 223 Å². The van der Waals surface area contributed by atoms with Gasteiger partial charge in [-0.2, -0.15) is 0 Å². The van der Waals surface area contributed by atoms with Crippen molar-refractivity contribution in [3.8, 4) is 44.5 Å². The molecule has 2 heteroatoms. The van der Waals surface area contributed by atoms with E-state index in [1.54, 1.807) is 0 Å². The average Bonchev–Trinajstić information content (AvgIpc) is 3.70. The Morgan fingerprint density at radius 3 is 1.41 bits per heavy atom. The van der Waals surface area contributed by atoms with Gasteiger partial charge >= 0.3 is 0 Å². The lowest BCUT2D eigenvalue weighted by Gasteiger charge is -2.30. The van der Waals surface area contributed by atoms with E-state index >= 15 is 0 Å². The zero-order chi connectivity index (χ0) is 38.4. The van der Waals surface area contributed by atoms with Crippen LogP contribution < -0.4 is 4.90 Å². The molecule has 0 radical (unpaired) electrons. The molecule has 272 valence electrons. The summed E-state index contributed by atoms with van der Waals surface area (Å²) in [7, 11) is 0. The minimum absolute atomic E-state index is 0.857. The molecule has 0 unspecified atom stereocenters. The first-order chi connectivity index (χ1) is 28.8. The molecule has 2 nitrogen and oxygen atoms in total. The molecule has 10 aromatic carbocycles. The van der Waals surface area contributed by atoms with Gasteiger partial charge in [0.05, 0.1) is 11.4 Å². The van der Waals surface area contributed by atoms with Crippen LogP contribution in [0.4, 0.5) is 17.1 Å². The maximum absolute atomic E-state index is 6.78. The van der Waals surface area contributed by atoms with Gasteiger partial charge in [-0.05, 0) is 85.4 Å². The average molecular weight is 740 g/mol. The van der Waals surface area contributed by atoms with Gasteiger partial charge in [-0.15, -0.1) is 0 Å². The molecule has 0 bridgehead atoms. The number of hydrogen-bond acceptors (Lipinski definition) is 2. The molecule has 0 aliphatic carbocycles.